The average molecular weight is 533 g/mol. The zero-order valence-corrected chi connectivity index (χ0v) is 21.9. The fourth-order valence-corrected chi connectivity index (χ4v) is 4.96. The number of anilines is 1. The van der Waals surface area contributed by atoms with Crippen molar-refractivity contribution in [2.45, 2.75) is 27.2 Å². The van der Waals surface area contributed by atoms with Crippen molar-refractivity contribution < 1.29 is 4.79 Å². The summed E-state index contributed by atoms with van der Waals surface area (Å²) in [6.45, 7) is 9.08. The molecule has 1 fully saturated rings. The highest BCUT2D eigenvalue weighted by molar-refractivity contribution is 9.10. The molecule has 1 saturated heterocycles. The number of carbonyl (C=O) groups is 1. The second-order valence-corrected chi connectivity index (χ2v) is 10.3. The summed E-state index contributed by atoms with van der Waals surface area (Å²) in [6, 6.07) is 17.7. The number of aromatic nitrogens is 4. The van der Waals surface area contributed by atoms with Gasteiger partial charge in [0.05, 0.1) is 16.8 Å². The van der Waals surface area contributed by atoms with Crippen molar-refractivity contribution >= 4 is 38.7 Å². The molecule has 0 aliphatic carbocycles. The van der Waals surface area contributed by atoms with Gasteiger partial charge >= 0.3 is 0 Å². The summed E-state index contributed by atoms with van der Waals surface area (Å²) in [5.74, 6) is 2.24. The van der Waals surface area contributed by atoms with E-state index in [1.807, 2.05) is 71.1 Å². The highest BCUT2D eigenvalue weighted by atomic mass is 79.9. The van der Waals surface area contributed by atoms with Crippen molar-refractivity contribution in [1.82, 2.24) is 24.6 Å². The van der Waals surface area contributed by atoms with E-state index in [4.69, 9.17) is 15.1 Å². The molecule has 5 rings (SSSR count). The molecule has 3 heterocycles. The minimum Gasteiger partial charge on any atom is -0.352 e. The predicted molar refractivity (Wildman–Crippen MR) is 142 cm³/mol. The molecule has 7 nitrogen and oxygen atoms in total. The highest BCUT2D eigenvalue weighted by Crippen LogP contribution is 2.30. The monoisotopic (exact) mass is 532 g/mol. The van der Waals surface area contributed by atoms with Crippen LogP contribution in [0.15, 0.2) is 59.1 Å². The van der Waals surface area contributed by atoms with E-state index in [2.05, 4.69) is 34.7 Å². The average Bonchev–Trinajstić information content (AvgIpc) is 3.19. The van der Waals surface area contributed by atoms with Gasteiger partial charge in [0.1, 0.15) is 11.6 Å². The molecule has 1 aliphatic heterocycles. The van der Waals surface area contributed by atoms with Crippen LogP contribution in [0, 0.1) is 12.8 Å². The third-order valence-corrected chi connectivity index (χ3v) is 6.75. The van der Waals surface area contributed by atoms with Crippen LogP contribution in [0.2, 0.25) is 0 Å². The summed E-state index contributed by atoms with van der Waals surface area (Å²) in [7, 11) is 0. The lowest BCUT2D eigenvalue weighted by molar-refractivity contribution is 0.0746. The van der Waals surface area contributed by atoms with E-state index in [-0.39, 0.29) is 5.91 Å². The third-order valence-electron chi connectivity index (χ3n) is 6.26. The van der Waals surface area contributed by atoms with Crippen LogP contribution in [0.4, 0.5) is 5.82 Å². The van der Waals surface area contributed by atoms with Crippen molar-refractivity contribution in [2.75, 3.05) is 31.1 Å². The van der Waals surface area contributed by atoms with Crippen molar-refractivity contribution in [2.24, 2.45) is 5.92 Å². The number of para-hydroxylation sites is 1. The first-order chi connectivity index (χ1) is 16.9. The van der Waals surface area contributed by atoms with Crippen LogP contribution in [0.3, 0.4) is 0 Å². The van der Waals surface area contributed by atoms with E-state index in [0.717, 1.165) is 45.0 Å². The van der Waals surface area contributed by atoms with Crippen LogP contribution < -0.4 is 4.90 Å². The topological polar surface area (TPSA) is 67.2 Å². The molecule has 0 radical (unpaired) electrons. The number of piperazine rings is 1. The van der Waals surface area contributed by atoms with Crippen LogP contribution in [0.25, 0.3) is 16.7 Å². The Morgan fingerprint density at radius 1 is 1.00 bits per heavy atom. The molecule has 1 amide bonds. The van der Waals surface area contributed by atoms with E-state index in [0.29, 0.717) is 37.7 Å². The van der Waals surface area contributed by atoms with Gasteiger partial charge in [0.2, 0.25) is 0 Å². The van der Waals surface area contributed by atoms with Gasteiger partial charge in [-0.3, -0.25) is 4.79 Å². The quantitative estimate of drug-likeness (QED) is 0.359. The van der Waals surface area contributed by atoms with Gasteiger partial charge < -0.3 is 9.80 Å². The summed E-state index contributed by atoms with van der Waals surface area (Å²) >= 11 is 3.47. The molecule has 4 aromatic rings. The first-order valence-corrected chi connectivity index (χ1v) is 12.8. The fraction of sp³-hybridized carbons (Fsp3) is 0.333. The Kier molecular flexibility index (Phi) is 6.56. The van der Waals surface area contributed by atoms with E-state index in [1.54, 1.807) is 0 Å². The Balaban J connectivity index is 1.48. The number of aryl methyl sites for hydroxylation is 1. The molecule has 0 spiro atoms. The van der Waals surface area contributed by atoms with Crippen LogP contribution >= 0.6 is 15.9 Å². The largest absolute Gasteiger partial charge is 0.352 e. The smallest absolute Gasteiger partial charge is 0.254 e. The fourth-order valence-electron chi connectivity index (χ4n) is 4.57. The summed E-state index contributed by atoms with van der Waals surface area (Å²) in [5.41, 5.74) is 3.43. The SMILES string of the molecule is Cc1nn(-c2ccccc2)c2nc(CC(C)C)nc(N3CCN(C(=O)c4cccc(Br)c4)CC3)c12. The molecule has 0 saturated carbocycles. The Hall–Kier alpha value is -3.26. The first kappa shape index (κ1) is 23.5. The van der Waals surface area contributed by atoms with E-state index < -0.39 is 0 Å². The summed E-state index contributed by atoms with van der Waals surface area (Å²) in [5, 5.41) is 5.83. The normalized spacial score (nSPS) is 14.2. The van der Waals surface area contributed by atoms with Crippen molar-refractivity contribution in [1.29, 1.82) is 0 Å². The lowest BCUT2D eigenvalue weighted by Crippen LogP contribution is -2.49. The Labute approximate surface area is 213 Å². The molecule has 0 unspecified atom stereocenters. The van der Waals surface area contributed by atoms with Crippen molar-refractivity contribution in [3.63, 3.8) is 0 Å². The Morgan fingerprint density at radius 3 is 2.43 bits per heavy atom. The van der Waals surface area contributed by atoms with Gasteiger partial charge in [-0.25, -0.2) is 14.6 Å². The van der Waals surface area contributed by atoms with E-state index in [9.17, 15) is 4.79 Å². The minimum absolute atomic E-state index is 0.0624. The zero-order valence-electron chi connectivity index (χ0n) is 20.3. The molecule has 35 heavy (non-hydrogen) atoms. The van der Waals surface area contributed by atoms with E-state index >= 15 is 0 Å². The van der Waals surface area contributed by atoms with E-state index in [1.165, 1.54) is 0 Å². The van der Waals surface area contributed by atoms with Gasteiger partial charge in [-0.05, 0) is 43.2 Å². The number of hydrogen-bond acceptors (Lipinski definition) is 5. The molecule has 0 atom stereocenters. The lowest BCUT2D eigenvalue weighted by atomic mass is 10.1. The van der Waals surface area contributed by atoms with Gasteiger partial charge in [-0.1, -0.05) is 54.0 Å². The molecule has 2 aromatic heterocycles. The second kappa shape index (κ2) is 9.77. The van der Waals surface area contributed by atoms with Gasteiger partial charge in [0, 0.05) is 42.6 Å². The van der Waals surface area contributed by atoms with Crippen LogP contribution in [-0.4, -0.2) is 56.7 Å². The highest BCUT2D eigenvalue weighted by Gasteiger charge is 2.27. The Morgan fingerprint density at radius 2 is 1.74 bits per heavy atom. The summed E-state index contributed by atoms with van der Waals surface area (Å²) in [6.07, 6.45) is 0.795. The molecule has 0 bridgehead atoms. The number of nitrogens with zero attached hydrogens (tertiary/aromatic N) is 6. The second-order valence-electron chi connectivity index (χ2n) is 9.38. The number of halogens is 1. The molecular formula is C27H29BrN6O. The van der Waals surface area contributed by atoms with Gasteiger partial charge in [-0.2, -0.15) is 5.10 Å². The summed E-state index contributed by atoms with van der Waals surface area (Å²) < 4.78 is 2.83. The molecular weight excluding hydrogens is 504 g/mol. The Bertz CT molecular complexity index is 1360. The van der Waals surface area contributed by atoms with Gasteiger partial charge in [0.15, 0.2) is 5.65 Å². The van der Waals surface area contributed by atoms with Crippen molar-refractivity contribution in [3.05, 3.63) is 76.2 Å². The molecule has 180 valence electrons. The number of rotatable bonds is 5. The minimum atomic E-state index is 0.0624. The van der Waals surface area contributed by atoms with Crippen LogP contribution in [0.1, 0.15) is 35.7 Å². The molecule has 0 N–H and O–H groups in total. The number of carbonyl (C=O) groups excluding carboxylic acids is 1. The standard InChI is InChI=1S/C27H29BrN6O/c1-18(2)16-23-29-25(24-19(3)31-34(26(24)30-23)22-10-5-4-6-11-22)32-12-14-33(15-13-32)27(35)20-8-7-9-21(28)17-20/h4-11,17-18H,12-16H2,1-3H3. The summed E-state index contributed by atoms with van der Waals surface area (Å²) in [4.78, 5) is 27.2. The van der Waals surface area contributed by atoms with Gasteiger partial charge in [0.25, 0.3) is 5.91 Å². The molecule has 1 aliphatic rings. The maximum absolute atomic E-state index is 13.0. The van der Waals surface area contributed by atoms with Gasteiger partial charge in [-0.15, -0.1) is 0 Å². The number of hydrogen-bond donors (Lipinski definition) is 0. The van der Waals surface area contributed by atoms with Crippen LogP contribution in [0.5, 0.6) is 0 Å². The van der Waals surface area contributed by atoms with Crippen LogP contribution in [-0.2, 0) is 6.42 Å². The first-order valence-electron chi connectivity index (χ1n) is 12.0. The molecule has 2 aromatic carbocycles. The third kappa shape index (κ3) is 4.80. The predicted octanol–water partition coefficient (Wildman–Crippen LogP) is 5.05. The molecule has 8 heteroatoms. The maximum Gasteiger partial charge on any atom is 0.254 e. The number of amides is 1. The van der Waals surface area contributed by atoms with Crippen molar-refractivity contribution in [3.8, 4) is 5.69 Å². The lowest BCUT2D eigenvalue weighted by Gasteiger charge is -2.36. The number of benzene rings is 2. The maximum atomic E-state index is 13.0. The zero-order chi connectivity index (χ0) is 24.5. The number of fused-ring (bicyclic) bond motifs is 1.